The molecular weight excluding hydrogens is 388 g/mol. The summed E-state index contributed by atoms with van der Waals surface area (Å²) < 4.78 is 11.3. The maximum atomic E-state index is 11.3. The number of benzene rings is 2. The van der Waals surface area contributed by atoms with E-state index in [1.165, 1.54) is 0 Å². The van der Waals surface area contributed by atoms with Crippen molar-refractivity contribution in [3.05, 3.63) is 58.6 Å². The lowest BCUT2D eigenvalue weighted by atomic mass is 9.97. The second-order valence-corrected chi connectivity index (χ2v) is 7.54. The predicted molar refractivity (Wildman–Crippen MR) is 99.2 cm³/mol. The summed E-state index contributed by atoms with van der Waals surface area (Å²) in [6.45, 7) is 0. The third kappa shape index (κ3) is 6.44. The molecular formula is C16H18Cl2NO5P. The average molecular weight is 406 g/mol. The van der Waals surface area contributed by atoms with E-state index in [2.05, 4.69) is 0 Å². The van der Waals surface area contributed by atoms with E-state index >= 15 is 0 Å². The van der Waals surface area contributed by atoms with Gasteiger partial charge in [-0.3, -0.25) is 9.36 Å². The van der Waals surface area contributed by atoms with Gasteiger partial charge in [-0.15, -0.1) is 12.4 Å². The van der Waals surface area contributed by atoms with Crippen molar-refractivity contribution in [2.24, 2.45) is 5.73 Å². The summed E-state index contributed by atoms with van der Waals surface area (Å²) >= 11 is 6.18. The number of halogens is 2. The zero-order valence-corrected chi connectivity index (χ0v) is 15.5. The van der Waals surface area contributed by atoms with Crippen LogP contribution in [-0.4, -0.2) is 26.9 Å². The van der Waals surface area contributed by atoms with E-state index in [0.717, 1.165) is 0 Å². The van der Waals surface area contributed by atoms with Crippen molar-refractivity contribution in [2.45, 2.75) is 18.6 Å². The topological polar surface area (TPSA) is 121 Å². The highest BCUT2D eigenvalue weighted by Crippen LogP contribution is 2.40. The van der Waals surface area contributed by atoms with Crippen LogP contribution in [0.25, 0.3) is 11.1 Å². The van der Waals surface area contributed by atoms with Gasteiger partial charge in [0.05, 0.1) is 6.16 Å². The number of rotatable bonds is 6. The molecule has 0 saturated heterocycles. The fourth-order valence-corrected chi connectivity index (χ4v) is 3.30. The summed E-state index contributed by atoms with van der Waals surface area (Å²) in [5.41, 5.74) is 7.88. The fraction of sp³-hybridized carbons (Fsp3) is 0.188. The highest BCUT2D eigenvalue weighted by Gasteiger charge is 2.18. The molecule has 0 amide bonds. The van der Waals surface area contributed by atoms with Crippen LogP contribution in [0.15, 0.2) is 42.5 Å². The Bertz CT molecular complexity index is 809. The van der Waals surface area contributed by atoms with Gasteiger partial charge in [-0.2, -0.15) is 0 Å². The molecule has 0 aliphatic heterocycles. The lowest BCUT2D eigenvalue weighted by molar-refractivity contribution is -0.138. The van der Waals surface area contributed by atoms with E-state index in [0.29, 0.717) is 27.3 Å². The van der Waals surface area contributed by atoms with Crippen molar-refractivity contribution < 1.29 is 24.3 Å². The van der Waals surface area contributed by atoms with Gasteiger partial charge in [0.2, 0.25) is 0 Å². The van der Waals surface area contributed by atoms with Crippen LogP contribution in [0.3, 0.4) is 0 Å². The molecule has 0 aliphatic carbocycles. The van der Waals surface area contributed by atoms with Crippen molar-refractivity contribution in [1.82, 2.24) is 0 Å². The van der Waals surface area contributed by atoms with Crippen molar-refractivity contribution in [3.63, 3.8) is 0 Å². The van der Waals surface area contributed by atoms with Crippen LogP contribution >= 0.6 is 31.6 Å². The zero-order chi connectivity index (χ0) is 17.9. The van der Waals surface area contributed by atoms with Gasteiger partial charge in [0.1, 0.15) is 6.04 Å². The first kappa shape index (κ1) is 21.6. The summed E-state index contributed by atoms with van der Waals surface area (Å²) in [5.74, 6) is -1.14. The van der Waals surface area contributed by atoms with Crippen molar-refractivity contribution in [1.29, 1.82) is 0 Å². The number of nitrogens with two attached hydrogens (primary N) is 1. The molecule has 25 heavy (non-hydrogen) atoms. The third-order valence-electron chi connectivity index (χ3n) is 3.40. The monoisotopic (exact) mass is 405 g/mol. The van der Waals surface area contributed by atoms with Gasteiger partial charge in [-0.25, -0.2) is 0 Å². The van der Waals surface area contributed by atoms with E-state index in [-0.39, 0.29) is 18.8 Å². The number of carboxylic acid groups (broad SMARTS) is 1. The van der Waals surface area contributed by atoms with E-state index in [4.69, 9.17) is 22.4 Å². The van der Waals surface area contributed by atoms with E-state index in [9.17, 15) is 19.1 Å². The van der Waals surface area contributed by atoms with Gasteiger partial charge in [0.15, 0.2) is 0 Å². The van der Waals surface area contributed by atoms with Gasteiger partial charge in [-0.05, 0) is 29.2 Å². The molecule has 2 rings (SSSR count). The van der Waals surface area contributed by atoms with Gasteiger partial charge in [0.25, 0.3) is 0 Å². The Kier molecular flexibility index (Phi) is 7.62. The molecule has 0 radical (unpaired) electrons. The summed E-state index contributed by atoms with van der Waals surface area (Å²) in [6, 6.07) is 10.9. The normalized spacial score (nSPS) is 12.3. The minimum Gasteiger partial charge on any atom is -0.480 e. The largest absolute Gasteiger partial charge is 0.480 e. The van der Waals surface area contributed by atoms with Crippen LogP contribution in [0.2, 0.25) is 5.02 Å². The van der Waals surface area contributed by atoms with Gasteiger partial charge in [-0.1, -0.05) is 48.0 Å². The number of carboxylic acids is 1. The van der Waals surface area contributed by atoms with Crippen LogP contribution in [0.1, 0.15) is 11.1 Å². The van der Waals surface area contributed by atoms with E-state index < -0.39 is 25.8 Å². The molecule has 1 atom stereocenters. The van der Waals surface area contributed by atoms with Crippen LogP contribution in [0, 0.1) is 0 Å². The van der Waals surface area contributed by atoms with Gasteiger partial charge < -0.3 is 20.6 Å². The van der Waals surface area contributed by atoms with Crippen LogP contribution in [-0.2, 0) is 21.9 Å². The number of aliphatic carboxylic acids is 1. The van der Waals surface area contributed by atoms with Crippen molar-refractivity contribution in [3.8, 4) is 11.1 Å². The Labute approximate surface area is 156 Å². The molecule has 0 bridgehead atoms. The van der Waals surface area contributed by atoms with Gasteiger partial charge in [0, 0.05) is 10.6 Å². The molecule has 0 aliphatic rings. The Balaban J connectivity index is 0.00000312. The fourth-order valence-electron chi connectivity index (χ4n) is 2.40. The van der Waals surface area contributed by atoms with Crippen LogP contribution < -0.4 is 5.73 Å². The second kappa shape index (κ2) is 8.81. The summed E-state index contributed by atoms with van der Waals surface area (Å²) in [5, 5.41) is 9.44. The first-order chi connectivity index (χ1) is 11.2. The quantitative estimate of drug-likeness (QED) is 0.548. The maximum Gasteiger partial charge on any atom is 0.329 e. The van der Waals surface area contributed by atoms with Crippen molar-refractivity contribution in [2.75, 3.05) is 0 Å². The van der Waals surface area contributed by atoms with Gasteiger partial charge >= 0.3 is 13.6 Å². The SMILES string of the molecule is Cl.N[C@@H](Cc1cc(CP(=O)(O)O)cc(-c2ccccc2Cl)c1)C(=O)O. The lowest BCUT2D eigenvalue weighted by Crippen LogP contribution is -2.32. The Hall–Kier alpha value is -1.40. The summed E-state index contributed by atoms with van der Waals surface area (Å²) in [6.07, 6.45) is -0.400. The first-order valence-corrected chi connectivity index (χ1v) is 9.24. The summed E-state index contributed by atoms with van der Waals surface area (Å²) in [4.78, 5) is 29.4. The first-order valence-electron chi connectivity index (χ1n) is 7.06. The molecule has 0 unspecified atom stereocenters. The molecule has 9 heteroatoms. The molecule has 5 N–H and O–H groups in total. The molecule has 6 nitrogen and oxygen atoms in total. The molecule has 2 aromatic rings. The minimum atomic E-state index is -4.26. The van der Waals surface area contributed by atoms with E-state index in [1.54, 1.807) is 42.5 Å². The third-order valence-corrected chi connectivity index (χ3v) is 4.51. The molecule has 136 valence electrons. The standard InChI is InChI=1S/C16H17ClNO5P.ClH/c17-14-4-2-1-3-13(14)12-6-10(8-15(18)16(19)20)5-11(7-12)9-24(21,22)23;/h1-7,15H,8-9,18H2,(H,19,20)(H2,21,22,23);1H/t15-;/m0./s1. The molecule has 0 heterocycles. The second-order valence-electron chi connectivity index (χ2n) is 5.49. The highest BCUT2D eigenvalue weighted by molar-refractivity contribution is 7.50. The molecule has 0 aromatic heterocycles. The number of hydrogen-bond donors (Lipinski definition) is 4. The maximum absolute atomic E-state index is 11.3. The predicted octanol–water partition coefficient (Wildman–Crippen LogP) is 3.06. The van der Waals surface area contributed by atoms with Crippen LogP contribution in [0.5, 0.6) is 0 Å². The Morgan fingerprint density at radius 3 is 2.32 bits per heavy atom. The number of carbonyl (C=O) groups is 1. The minimum absolute atomic E-state index is 0. The van der Waals surface area contributed by atoms with Crippen molar-refractivity contribution >= 4 is 37.6 Å². The number of hydrogen-bond acceptors (Lipinski definition) is 3. The van der Waals surface area contributed by atoms with E-state index in [1.807, 2.05) is 0 Å². The zero-order valence-electron chi connectivity index (χ0n) is 13.0. The Morgan fingerprint density at radius 2 is 1.76 bits per heavy atom. The lowest BCUT2D eigenvalue weighted by Gasteiger charge is -2.13. The average Bonchev–Trinajstić information content (AvgIpc) is 2.45. The summed E-state index contributed by atoms with van der Waals surface area (Å²) in [7, 11) is -4.26. The molecule has 0 fully saturated rings. The smallest absolute Gasteiger partial charge is 0.329 e. The molecule has 0 spiro atoms. The Morgan fingerprint density at radius 1 is 1.16 bits per heavy atom. The molecule has 2 aromatic carbocycles. The van der Waals surface area contributed by atoms with Crippen LogP contribution in [0.4, 0.5) is 0 Å². The molecule has 0 saturated carbocycles. The highest BCUT2D eigenvalue weighted by atomic mass is 35.5.